The van der Waals surface area contributed by atoms with E-state index in [1.54, 1.807) is 6.20 Å². The summed E-state index contributed by atoms with van der Waals surface area (Å²) in [6.45, 7) is 5.29. The third-order valence-corrected chi connectivity index (χ3v) is 4.08. The van der Waals surface area contributed by atoms with Crippen molar-refractivity contribution >= 4 is 23.1 Å². The van der Waals surface area contributed by atoms with Crippen LogP contribution in [0.5, 0.6) is 0 Å². The van der Waals surface area contributed by atoms with E-state index >= 15 is 0 Å². The van der Waals surface area contributed by atoms with Crippen molar-refractivity contribution in [2.75, 3.05) is 6.54 Å². The molecule has 5 nitrogen and oxygen atoms in total. The highest BCUT2D eigenvalue weighted by Crippen LogP contribution is 2.45. The van der Waals surface area contributed by atoms with Crippen molar-refractivity contribution in [2.24, 2.45) is 17.1 Å². The van der Waals surface area contributed by atoms with Crippen LogP contribution in [-0.2, 0) is 11.3 Å². The molecule has 6 heteroatoms. The fourth-order valence-corrected chi connectivity index (χ4v) is 2.93. The molecule has 0 radical (unpaired) electrons. The molecule has 3 N–H and O–H groups in total. The van der Waals surface area contributed by atoms with E-state index in [9.17, 15) is 4.79 Å². The zero-order valence-electron chi connectivity index (χ0n) is 11.3. The quantitative estimate of drug-likeness (QED) is 0.790. The number of carbonyl (C=O) groups excluding carboxylic acids is 1. The average molecular weight is 280 g/mol. The van der Waals surface area contributed by atoms with Crippen LogP contribution < -0.4 is 11.1 Å². The predicted octanol–water partition coefficient (Wildman–Crippen LogP) is 1.01. The van der Waals surface area contributed by atoms with Gasteiger partial charge in [0.1, 0.15) is 0 Å². The van der Waals surface area contributed by atoms with Crippen LogP contribution >= 0.6 is 12.2 Å². The minimum Gasteiger partial charge on any atom is -0.392 e. The van der Waals surface area contributed by atoms with Crippen LogP contribution in [0.25, 0.3) is 0 Å². The number of thiocarbonyl (C=S) groups is 1. The normalized spacial score (nSPS) is 25.7. The summed E-state index contributed by atoms with van der Waals surface area (Å²) in [6, 6.07) is 0. The molecule has 1 aromatic rings. The molecule has 1 saturated carbocycles. The summed E-state index contributed by atoms with van der Waals surface area (Å²) in [6.07, 6.45) is 5.26. The van der Waals surface area contributed by atoms with Crippen LogP contribution in [-0.4, -0.2) is 27.2 Å². The number of aryl methyl sites for hydroxylation is 1. The van der Waals surface area contributed by atoms with Gasteiger partial charge in [-0.1, -0.05) is 19.1 Å². The Balaban J connectivity index is 1.85. The Bertz CT molecular complexity index is 491. The summed E-state index contributed by atoms with van der Waals surface area (Å²) in [5.74, 6) is 0.475. The van der Waals surface area contributed by atoms with Gasteiger partial charge in [-0.05, 0) is 31.2 Å². The number of hydrogen-bond donors (Lipinski definition) is 2. The maximum absolute atomic E-state index is 12.2. The van der Waals surface area contributed by atoms with Gasteiger partial charge in [-0.2, -0.15) is 5.10 Å². The van der Waals surface area contributed by atoms with Crippen molar-refractivity contribution in [2.45, 2.75) is 33.2 Å². The third kappa shape index (κ3) is 2.78. The molecular formula is C13H20N4OS. The van der Waals surface area contributed by atoms with Gasteiger partial charge in [0.25, 0.3) is 0 Å². The molecule has 1 amide bonds. The van der Waals surface area contributed by atoms with Gasteiger partial charge in [0.2, 0.25) is 5.91 Å². The van der Waals surface area contributed by atoms with Gasteiger partial charge in [-0.15, -0.1) is 0 Å². The Kier molecular flexibility index (Phi) is 3.89. The summed E-state index contributed by atoms with van der Waals surface area (Å²) in [4.78, 5) is 12.5. The monoisotopic (exact) mass is 280 g/mol. The molecule has 1 fully saturated rings. The first kappa shape index (κ1) is 14.0. The molecule has 0 bridgehead atoms. The van der Waals surface area contributed by atoms with Crippen molar-refractivity contribution in [3.8, 4) is 0 Å². The third-order valence-electron chi connectivity index (χ3n) is 3.69. The van der Waals surface area contributed by atoms with Gasteiger partial charge in [-0.25, -0.2) is 0 Å². The fourth-order valence-electron chi connectivity index (χ4n) is 2.67. The van der Waals surface area contributed by atoms with Gasteiger partial charge < -0.3 is 11.1 Å². The lowest BCUT2D eigenvalue weighted by Crippen LogP contribution is -2.56. The van der Waals surface area contributed by atoms with E-state index in [0.717, 1.165) is 18.4 Å². The zero-order chi connectivity index (χ0) is 14.0. The Morgan fingerprint density at radius 1 is 1.68 bits per heavy atom. The smallest absolute Gasteiger partial charge is 0.233 e. The number of nitrogens with one attached hydrogen (secondary N) is 1. The number of hydrogen-bond acceptors (Lipinski definition) is 3. The molecule has 104 valence electrons. The second kappa shape index (κ2) is 5.28. The van der Waals surface area contributed by atoms with Gasteiger partial charge in [0.05, 0.1) is 23.1 Å². The summed E-state index contributed by atoms with van der Waals surface area (Å²) in [5.41, 5.74) is 6.23. The second-order valence-electron chi connectivity index (χ2n) is 5.50. The Labute approximate surface area is 118 Å². The lowest BCUT2D eigenvalue weighted by Gasteiger charge is -2.44. The molecule has 1 heterocycles. The van der Waals surface area contributed by atoms with Crippen molar-refractivity contribution in [1.29, 1.82) is 0 Å². The maximum atomic E-state index is 12.2. The first-order chi connectivity index (χ1) is 8.94. The first-order valence-corrected chi connectivity index (χ1v) is 6.92. The van der Waals surface area contributed by atoms with Gasteiger partial charge in [0, 0.05) is 12.7 Å². The van der Waals surface area contributed by atoms with Crippen molar-refractivity contribution in [3.05, 3.63) is 18.0 Å². The highest BCUT2D eigenvalue weighted by molar-refractivity contribution is 7.80. The topological polar surface area (TPSA) is 72.9 Å². The number of nitrogens with zero attached hydrogens (tertiary/aromatic N) is 2. The number of nitrogens with two attached hydrogens (primary N) is 1. The molecule has 1 aromatic heterocycles. The van der Waals surface area contributed by atoms with Crippen LogP contribution in [0, 0.1) is 18.3 Å². The lowest BCUT2D eigenvalue weighted by molar-refractivity contribution is -0.132. The molecule has 0 unspecified atom stereocenters. The SMILES string of the molecule is Cc1cnn(CCNC(=O)C2(C(N)=S)CC(C)C2)c1. The van der Waals surface area contributed by atoms with E-state index in [0.29, 0.717) is 24.0 Å². The van der Waals surface area contributed by atoms with E-state index in [4.69, 9.17) is 18.0 Å². The molecule has 1 aliphatic carbocycles. The predicted molar refractivity (Wildman–Crippen MR) is 77.6 cm³/mol. The van der Waals surface area contributed by atoms with Gasteiger partial charge in [0.15, 0.2) is 0 Å². The van der Waals surface area contributed by atoms with Crippen LogP contribution in [0.4, 0.5) is 0 Å². The molecule has 0 aliphatic heterocycles. The van der Waals surface area contributed by atoms with E-state index in [1.807, 2.05) is 17.8 Å². The summed E-state index contributed by atoms with van der Waals surface area (Å²) < 4.78 is 1.81. The van der Waals surface area contributed by atoms with Crippen LogP contribution in [0.2, 0.25) is 0 Å². The molecule has 0 atom stereocenters. The lowest BCUT2D eigenvalue weighted by atomic mass is 9.62. The van der Waals surface area contributed by atoms with E-state index in [1.165, 1.54) is 0 Å². The minimum absolute atomic E-state index is 0.0398. The highest BCUT2D eigenvalue weighted by atomic mass is 32.1. The molecule has 2 rings (SSSR count). The van der Waals surface area contributed by atoms with E-state index in [-0.39, 0.29) is 5.91 Å². The molecule has 19 heavy (non-hydrogen) atoms. The van der Waals surface area contributed by atoms with Gasteiger partial charge >= 0.3 is 0 Å². The standard InChI is InChI=1S/C13H20N4OS/c1-9-5-13(6-9,11(14)19)12(18)15-3-4-17-8-10(2)7-16-17/h7-9H,3-6H2,1-2H3,(H2,14,19)(H,15,18). The Hall–Kier alpha value is -1.43. The average Bonchev–Trinajstić information content (AvgIpc) is 2.70. The number of aromatic nitrogens is 2. The van der Waals surface area contributed by atoms with Crippen LogP contribution in [0.1, 0.15) is 25.3 Å². The van der Waals surface area contributed by atoms with Crippen LogP contribution in [0.3, 0.4) is 0 Å². The largest absolute Gasteiger partial charge is 0.392 e. The Morgan fingerprint density at radius 3 is 2.84 bits per heavy atom. The first-order valence-electron chi connectivity index (χ1n) is 6.51. The Morgan fingerprint density at radius 2 is 2.37 bits per heavy atom. The second-order valence-corrected chi connectivity index (χ2v) is 5.94. The van der Waals surface area contributed by atoms with Crippen LogP contribution in [0.15, 0.2) is 12.4 Å². The van der Waals surface area contributed by atoms with Crippen molar-refractivity contribution in [1.82, 2.24) is 15.1 Å². The van der Waals surface area contributed by atoms with Crippen molar-refractivity contribution < 1.29 is 4.79 Å². The zero-order valence-corrected chi connectivity index (χ0v) is 12.2. The minimum atomic E-state index is -0.616. The summed E-state index contributed by atoms with van der Waals surface area (Å²) in [5, 5.41) is 7.09. The molecule has 0 saturated heterocycles. The van der Waals surface area contributed by atoms with Gasteiger partial charge in [-0.3, -0.25) is 9.48 Å². The highest BCUT2D eigenvalue weighted by Gasteiger charge is 2.50. The number of rotatable bonds is 5. The summed E-state index contributed by atoms with van der Waals surface area (Å²) >= 11 is 5.06. The van der Waals surface area contributed by atoms with E-state index < -0.39 is 5.41 Å². The maximum Gasteiger partial charge on any atom is 0.233 e. The van der Waals surface area contributed by atoms with Crippen molar-refractivity contribution in [3.63, 3.8) is 0 Å². The number of carbonyl (C=O) groups is 1. The number of amides is 1. The van der Waals surface area contributed by atoms with E-state index in [2.05, 4.69) is 17.3 Å². The summed E-state index contributed by atoms with van der Waals surface area (Å²) in [7, 11) is 0. The molecule has 0 aromatic carbocycles. The molecule has 0 spiro atoms. The molecule has 1 aliphatic rings. The molecular weight excluding hydrogens is 260 g/mol. The fraction of sp³-hybridized carbons (Fsp3) is 0.615.